The first-order chi connectivity index (χ1) is 7.66. The molecule has 2 aliphatic carbocycles. The molecule has 0 radical (unpaired) electrons. The molecular formula is C13H22N2O. The highest BCUT2D eigenvalue weighted by Crippen LogP contribution is 2.39. The maximum Gasteiger partial charge on any atom is 0.224 e. The van der Waals surface area contributed by atoms with E-state index in [0.717, 1.165) is 25.3 Å². The second-order valence-corrected chi connectivity index (χ2v) is 6.13. The molecule has 2 bridgehead atoms. The Kier molecular flexibility index (Phi) is 2.46. The number of likely N-dealkylation sites (tertiary alicyclic amines) is 1. The Hall–Kier alpha value is -0.570. The molecule has 90 valence electrons. The van der Waals surface area contributed by atoms with Gasteiger partial charge in [-0.25, -0.2) is 0 Å². The quantitative estimate of drug-likeness (QED) is 0.772. The molecular weight excluding hydrogens is 200 g/mol. The van der Waals surface area contributed by atoms with Crippen LogP contribution in [0, 0.1) is 5.92 Å². The lowest BCUT2D eigenvalue weighted by Gasteiger charge is -2.31. The summed E-state index contributed by atoms with van der Waals surface area (Å²) in [5.41, 5.74) is 6.11. The molecule has 1 heterocycles. The number of hydrogen-bond donors (Lipinski definition) is 1. The molecule has 0 spiro atoms. The molecule has 2 saturated carbocycles. The Bertz CT molecular complexity index is 296. The first-order valence-corrected chi connectivity index (χ1v) is 6.75. The van der Waals surface area contributed by atoms with Gasteiger partial charge in [0.25, 0.3) is 0 Å². The smallest absolute Gasteiger partial charge is 0.224 e. The molecule has 0 aromatic carbocycles. The van der Waals surface area contributed by atoms with Gasteiger partial charge in [-0.05, 0) is 38.0 Å². The molecule has 3 rings (SSSR count). The van der Waals surface area contributed by atoms with Crippen molar-refractivity contribution in [1.29, 1.82) is 0 Å². The number of hydrogen-bond acceptors (Lipinski definition) is 2. The van der Waals surface area contributed by atoms with E-state index < -0.39 is 0 Å². The van der Waals surface area contributed by atoms with Gasteiger partial charge in [0, 0.05) is 24.5 Å². The van der Waals surface area contributed by atoms with Gasteiger partial charge in [0.2, 0.25) is 5.91 Å². The van der Waals surface area contributed by atoms with Crippen molar-refractivity contribution in [2.75, 3.05) is 6.54 Å². The lowest BCUT2D eigenvalue weighted by molar-refractivity contribution is -0.134. The third-order valence-corrected chi connectivity index (χ3v) is 4.83. The van der Waals surface area contributed by atoms with E-state index in [0.29, 0.717) is 18.4 Å². The third-order valence-electron chi connectivity index (χ3n) is 4.83. The number of amides is 1. The van der Waals surface area contributed by atoms with Crippen LogP contribution in [0.15, 0.2) is 0 Å². The summed E-state index contributed by atoms with van der Waals surface area (Å²) in [4.78, 5) is 14.4. The SMILES string of the molecule is NC1(CC(=O)N2CC3CCC2C3)CCCC1. The highest BCUT2D eigenvalue weighted by molar-refractivity contribution is 5.78. The van der Waals surface area contributed by atoms with Crippen molar-refractivity contribution >= 4 is 5.91 Å². The van der Waals surface area contributed by atoms with Gasteiger partial charge in [0.05, 0.1) is 0 Å². The minimum Gasteiger partial charge on any atom is -0.339 e. The van der Waals surface area contributed by atoms with Gasteiger partial charge in [0.1, 0.15) is 0 Å². The number of fused-ring (bicyclic) bond motifs is 2. The average Bonchev–Trinajstić information content (AvgIpc) is 2.92. The Balaban J connectivity index is 1.61. The van der Waals surface area contributed by atoms with Crippen LogP contribution in [0.4, 0.5) is 0 Å². The molecule has 2 unspecified atom stereocenters. The van der Waals surface area contributed by atoms with Crippen molar-refractivity contribution < 1.29 is 4.79 Å². The van der Waals surface area contributed by atoms with Gasteiger partial charge in [-0.3, -0.25) is 4.79 Å². The van der Waals surface area contributed by atoms with E-state index in [9.17, 15) is 4.79 Å². The molecule has 3 heteroatoms. The maximum atomic E-state index is 12.2. The lowest BCUT2D eigenvalue weighted by Crippen LogP contribution is -2.45. The fourth-order valence-corrected chi connectivity index (χ4v) is 3.89. The van der Waals surface area contributed by atoms with Crippen molar-refractivity contribution in [2.45, 2.75) is 62.9 Å². The molecule has 2 N–H and O–H groups in total. The van der Waals surface area contributed by atoms with Crippen molar-refractivity contribution in [3.8, 4) is 0 Å². The second-order valence-electron chi connectivity index (χ2n) is 6.13. The Morgan fingerprint density at radius 3 is 2.62 bits per heavy atom. The minimum atomic E-state index is -0.168. The minimum absolute atomic E-state index is 0.168. The highest BCUT2D eigenvalue weighted by Gasteiger charge is 2.42. The standard InChI is InChI=1S/C13H22N2O/c14-13(5-1-2-6-13)8-12(16)15-9-10-3-4-11(15)7-10/h10-11H,1-9,14H2. The van der Waals surface area contributed by atoms with Gasteiger partial charge in [-0.1, -0.05) is 12.8 Å². The first-order valence-electron chi connectivity index (χ1n) is 6.75. The second kappa shape index (κ2) is 3.73. The van der Waals surface area contributed by atoms with Crippen LogP contribution >= 0.6 is 0 Å². The van der Waals surface area contributed by atoms with Crippen LogP contribution in [-0.4, -0.2) is 28.9 Å². The molecule has 3 fully saturated rings. The fourth-order valence-electron chi connectivity index (χ4n) is 3.89. The zero-order valence-electron chi connectivity index (χ0n) is 9.95. The third kappa shape index (κ3) is 1.75. The van der Waals surface area contributed by atoms with Crippen molar-refractivity contribution in [3.63, 3.8) is 0 Å². The van der Waals surface area contributed by atoms with Crippen LogP contribution in [-0.2, 0) is 4.79 Å². The Labute approximate surface area is 97.4 Å². The zero-order valence-corrected chi connectivity index (χ0v) is 9.95. The van der Waals surface area contributed by atoms with E-state index in [1.807, 2.05) is 0 Å². The predicted molar refractivity (Wildman–Crippen MR) is 62.8 cm³/mol. The number of nitrogens with two attached hydrogens (primary N) is 1. The van der Waals surface area contributed by atoms with E-state index in [4.69, 9.17) is 5.73 Å². The molecule has 3 nitrogen and oxygen atoms in total. The lowest BCUT2D eigenvalue weighted by atomic mass is 9.93. The van der Waals surface area contributed by atoms with E-state index in [1.165, 1.54) is 32.1 Å². The van der Waals surface area contributed by atoms with Gasteiger partial charge in [0.15, 0.2) is 0 Å². The largest absolute Gasteiger partial charge is 0.339 e. The van der Waals surface area contributed by atoms with Crippen LogP contribution in [0.5, 0.6) is 0 Å². The number of rotatable bonds is 2. The summed E-state index contributed by atoms with van der Waals surface area (Å²) in [7, 11) is 0. The van der Waals surface area contributed by atoms with Crippen LogP contribution in [0.3, 0.4) is 0 Å². The molecule has 1 aliphatic heterocycles. The molecule has 1 saturated heterocycles. The van der Waals surface area contributed by atoms with Crippen LogP contribution in [0.1, 0.15) is 51.4 Å². The van der Waals surface area contributed by atoms with E-state index in [1.54, 1.807) is 0 Å². The van der Waals surface area contributed by atoms with Gasteiger partial charge in [-0.2, -0.15) is 0 Å². The number of carbonyl (C=O) groups is 1. The molecule has 2 atom stereocenters. The number of piperidine rings is 1. The zero-order chi connectivity index (χ0) is 11.2. The maximum absolute atomic E-state index is 12.2. The summed E-state index contributed by atoms with van der Waals surface area (Å²) >= 11 is 0. The van der Waals surface area contributed by atoms with Crippen LogP contribution in [0.2, 0.25) is 0 Å². The first kappa shape index (κ1) is 10.6. The van der Waals surface area contributed by atoms with Crippen LogP contribution in [0.25, 0.3) is 0 Å². The summed E-state index contributed by atoms with van der Waals surface area (Å²) in [6, 6.07) is 0.558. The van der Waals surface area contributed by atoms with Crippen LogP contribution < -0.4 is 5.73 Å². The highest BCUT2D eigenvalue weighted by atomic mass is 16.2. The summed E-state index contributed by atoms with van der Waals surface area (Å²) in [5, 5.41) is 0. The summed E-state index contributed by atoms with van der Waals surface area (Å²) < 4.78 is 0. The van der Waals surface area contributed by atoms with Gasteiger partial charge in [-0.15, -0.1) is 0 Å². The Morgan fingerprint density at radius 2 is 2.06 bits per heavy atom. The summed E-state index contributed by atoms with van der Waals surface area (Å²) in [6.45, 7) is 1.01. The topological polar surface area (TPSA) is 46.3 Å². The number of carbonyl (C=O) groups excluding carboxylic acids is 1. The van der Waals surface area contributed by atoms with Crippen molar-refractivity contribution in [2.24, 2.45) is 11.7 Å². The van der Waals surface area contributed by atoms with E-state index >= 15 is 0 Å². The Morgan fingerprint density at radius 1 is 1.31 bits per heavy atom. The van der Waals surface area contributed by atoms with Gasteiger partial charge >= 0.3 is 0 Å². The monoisotopic (exact) mass is 222 g/mol. The molecule has 1 amide bonds. The molecule has 0 aromatic heterocycles. The van der Waals surface area contributed by atoms with Crippen molar-refractivity contribution in [3.05, 3.63) is 0 Å². The summed E-state index contributed by atoms with van der Waals surface area (Å²) in [6.07, 6.45) is 8.91. The van der Waals surface area contributed by atoms with E-state index in [-0.39, 0.29) is 5.54 Å². The number of nitrogens with zero attached hydrogens (tertiary/aromatic N) is 1. The predicted octanol–water partition coefficient (Wildman–Crippen LogP) is 1.66. The fraction of sp³-hybridized carbons (Fsp3) is 0.923. The van der Waals surface area contributed by atoms with Crippen molar-refractivity contribution in [1.82, 2.24) is 4.90 Å². The van der Waals surface area contributed by atoms with E-state index in [2.05, 4.69) is 4.90 Å². The summed E-state index contributed by atoms with van der Waals surface area (Å²) in [5.74, 6) is 1.13. The van der Waals surface area contributed by atoms with Gasteiger partial charge < -0.3 is 10.6 Å². The molecule has 0 aromatic rings. The average molecular weight is 222 g/mol. The molecule has 16 heavy (non-hydrogen) atoms. The normalized spacial score (nSPS) is 35.9. The molecule has 3 aliphatic rings.